The van der Waals surface area contributed by atoms with Gasteiger partial charge in [0.05, 0.1) is 30.6 Å². The molecule has 0 fully saturated rings. The second-order valence-corrected chi connectivity index (χ2v) is 7.01. The van der Waals surface area contributed by atoms with Crippen LogP contribution in [0.4, 0.5) is 5.69 Å². The normalized spacial score (nSPS) is 10.1. The molecule has 1 aromatic rings. The number of nitrogens with one attached hydrogen (secondary N) is 1. The number of halogens is 3. The van der Waals surface area contributed by atoms with Crippen LogP contribution in [-0.2, 0) is 9.53 Å². The molecule has 1 rings (SSSR count). The molecule has 0 aliphatic rings. The molecule has 9 heteroatoms. The number of amides is 1. The molecule has 0 atom stereocenters. The van der Waals surface area contributed by atoms with Crippen molar-refractivity contribution in [3.63, 3.8) is 0 Å². The smallest absolute Gasteiger partial charge is 0.340 e. The van der Waals surface area contributed by atoms with E-state index in [4.69, 9.17) is 4.74 Å². The third-order valence-corrected chi connectivity index (χ3v) is 5.55. The lowest BCUT2D eigenvalue weighted by Crippen LogP contribution is -2.19. The second kappa shape index (κ2) is 7.89. The van der Waals surface area contributed by atoms with Crippen LogP contribution in [0.25, 0.3) is 0 Å². The number of hydrogen-bond donors (Lipinski definition) is 2. The van der Waals surface area contributed by atoms with Crippen LogP contribution in [0.2, 0.25) is 0 Å². The molecule has 114 valence electrons. The summed E-state index contributed by atoms with van der Waals surface area (Å²) in [6.45, 7) is 3.15. The zero-order chi connectivity index (χ0) is 16.3. The topological polar surface area (TPSA) is 92.7 Å². The minimum absolute atomic E-state index is 0.0246. The number of carboxylic acids is 1. The van der Waals surface area contributed by atoms with Crippen molar-refractivity contribution in [1.82, 2.24) is 0 Å². The van der Waals surface area contributed by atoms with Crippen molar-refractivity contribution in [3.8, 4) is 0 Å². The predicted octanol–water partition coefficient (Wildman–Crippen LogP) is 3.33. The number of hydrogen-bond acceptors (Lipinski definition) is 4. The Balaban J connectivity index is 3.71. The van der Waals surface area contributed by atoms with Gasteiger partial charge in [-0.15, -0.1) is 0 Å². The molecule has 1 amide bonds. The Bertz CT molecular complexity index is 630. The quantitative estimate of drug-likeness (QED) is 0.394. The molecule has 0 aliphatic carbocycles. The molecule has 0 saturated carbocycles. The molecular formula is C12H10I3NO5. The Hall–Kier alpha value is -0.180. The maximum atomic E-state index is 12.1. The van der Waals surface area contributed by atoms with Crippen molar-refractivity contribution >= 4 is 91.3 Å². The largest absolute Gasteiger partial charge is 0.478 e. The van der Waals surface area contributed by atoms with Gasteiger partial charge in [0.15, 0.2) is 0 Å². The molecule has 0 radical (unpaired) electrons. The van der Waals surface area contributed by atoms with E-state index in [2.05, 4.69) is 5.32 Å². The highest BCUT2D eigenvalue weighted by atomic mass is 127. The van der Waals surface area contributed by atoms with Gasteiger partial charge in [-0.25, -0.2) is 9.59 Å². The molecular weight excluding hydrogens is 619 g/mol. The number of carboxylic acid groups (broad SMARTS) is 1. The summed E-state index contributed by atoms with van der Waals surface area (Å²) in [5, 5.41) is 11.9. The maximum Gasteiger partial charge on any atom is 0.340 e. The van der Waals surface area contributed by atoms with Gasteiger partial charge in [0.2, 0.25) is 5.91 Å². The molecule has 1 aromatic carbocycles. The van der Waals surface area contributed by atoms with Crippen LogP contribution < -0.4 is 5.32 Å². The van der Waals surface area contributed by atoms with Gasteiger partial charge < -0.3 is 15.2 Å². The fourth-order valence-electron chi connectivity index (χ4n) is 1.52. The van der Waals surface area contributed by atoms with E-state index in [0.29, 0.717) is 16.4 Å². The summed E-state index contributed by atoms with van der Waals surface area (Å²) in [7, 11) is 0. The van der Waals surface area contributed by atoms with Crippen molar-refractivity contribution in [2.24, 2.45) is 0 Å². The first-order valence-corrected chi connectivity index (χ1v) is 8.84. The van der Waals surface area contributed by atoms with Gasteiger partial charge in [0.25, 0.3) is 0 Å². The van der Waals surface area contributed by atoms with Crippen LogP contribution in [0.3, 0.4) is 0 Å². The van der Waals surface area contributed by atoms with Crippen molar-refractivity contribution in [1.29, 1.82) is 0 Å². The van der Waals surface area contributed by atoms with Gasteiger partial charge in [-0.3, -0.25) is 4.79 Å². The number of rotatable bonds is 4. The van der Waals surface area contributed by atoms with Gasteiger partial charge in [-0.2, -0.15) is 0 Å². The average molecular weight is 629 g/mol. The standard InChI is InChI=1S/C12H10I3NO5/c1-3-21-12(20)6-7(13)5(11(18)19)8(14)10(9(6)15)16-4(2)17/h3H2,1-2H3,(H,16,17)(H,18,19). The van der Waals surface area contributed by atoms with Gasteiger partial charge in [0.1, 0.15) is 0 Å². The third kappa shape index (κ3) is 4.18. The van der Waals surface area contributed by atoms with Crippen LogP contribution >= 0.6 is 67.8 Å². The lowest BCUT2D eigenvalue weighted by Gasteiger charge is -2.16. The highest BCUT2D eigenvalue weighted by Gasteiger charge is 2.28. The number of carbonyl (C=O) groups excluding carboxylic acids is 2. The minimum atomic E-state index is -1.17. The second-order valence-electron chi connectivity index (χ2n) is 3.77. The van der Waals surface area contributed by atoms with E-state index in [9.17, 15) is 19.5 Å². The molecule has 0 unspecified atom stereocenters. The highest BCUT2D eigenvalue weighted by Crippen LogP contribution is 2.36. The Kier molecular flexibility index (Phi) is 7.09. The maximum absolute atomic E-state index is 12.1. The van der Waals surface area contributed by atoms with E-state index >= 15 is 0 Å². The molecule has 0 spiro atoms. The van der Waals surface area contributed by atoms with Crippen LogP contribution in [0, 0.1) is 10.7 Å². The van der Waals surface area contributed by atoms with Gasteiger partial charge in [0, 0.05) is 10.5 Å². The number of carbonyl (C=O) groups is 3. The molecule has 0 saturated heterocycles. The van der Waals surface area contributed by atoms with E-state index in [1.807, 2.05) is 67.8 Å². The van der Waals surface area contributed by atoms with Crippen molar-refractivity contribution in [2.45, 2.75) is 13.8 Å². The average Bonchev–Trinajstić information content (AvgIpc) is 2.34. The fraction of sp³-hybridized carbons (Fsp3) is 0.250. The number of anilines is 1. The summed E-state index contributed by atoms with van der Waals surface area (Å²) < 4.78 is 6.09. The SMILES string of the molecule is CCOC(=O)c1c(I)c(NC(C)=O)c(I)c(C(=O)O)c1I. The first kappa shape index (κ1) is 18.9. The van der Waals surface area contributed by atoms with Gasteiger partial charge in [-0.05, 0) is 74.7 Å². The highest BCUT2D eigenvalue weighted by molar-refractivity contribution is 14.1. The molecule has 0 bridgehead atoms. The summed E-state index contributed by atoms with van der Waals surface area (Å²) in [6.07, 6.45) is 0. The van der Waals surface area contributed by atoms with Gasteiger partial charge in [-0.1, -0.05) is 0 Å². The van der Waals surface area contributed by atoms with Crippen LogP contribution in [0.1, 0.15) is 34.6 Å². The Morgan fingerprint density at radius 1 is 1.10 bits per heavy atom. The molecule has 2 N–H and O–H groups in total. The molecule has 0 heterocycles. The lowest BCUT2D eigenvalue weighted by molar-refractivity contribution is -0.114. The Morgan fingerprint density at radius 2 is 1.62 bits per heavy atom. The van der Waals surface area contributed by atoms with E-state index < -0.39 is 11.9 Å². The van der Waals surface area contributed by atoms with E-state index in [1.165, 1.54) is 6.92 Å². The molecule has 6 nitrogen and oxygen atoms in total. The van der Waals surface area contributed by atoms with Crippen molar-refractivity contribution in [2.75, 3.05) is 11.9 Å². The number of benzene rings is 1. The summed E-state index contributed by atoms with van der Waals surface area (Å²) >= 11 is 5.56. The van der Waals surface area contributed by atoms with E-state index in [-0.39, 0.29) is 23.6 Å². The number of ether oxygens (including phenoxy) is 1. The zero-order valence-electron chi connectivity index (χ0n) is 10.9. The van der Waals surface area contributed by atoms with Crippen LogP contribution in [-0.4, -0.2) is 29.6 Å². The predicted molar refractivity (Wildman–Crippen MR) is 102 cm³/mol. The van der Waals surface area contributed by atoms with E-state index in [0.717, 1.165) is 0 Å². The summed E-state index contributed by atoms with van der Waals surface area (Å²) in [4.78, 5) is 34.8. The summed E-state index contributed by atoms with van der Waals surface area (Å²) in [6, 6.07) is 0. The Morgan fingerprint density at radius 3 is 2.05 bits per heavy atom. The third-order valence-electron chi connectivity index (χ3n) is 2.31. The zero-order valence-corrected chi connectivity index (χ0v) is 17.4. The van der Waals surface area contributed by atoms with Crippen molar-refractivity contribution < 1.29 is 24.2 Å². The first-order chi connectivity index (χ1) is 9.72. The minimum Gasteiger partial charge on any atom is -0.478 e. The molecule has 0 aliphatic heterocycles. The number of esters is 1. The van der Waals surface area contributed by atoms with Crippen LogP contribution in [0.5, 0.6) is 0 Å². The van der Waals surface area contributed by atoms with E-state index in [1.54, 1.807) is 6.92 Å². The Labute approximate surface area is 161 Å². The summed E-state index contributed by atoms with van der Waals surface area (Å²) in [5.41, 5.74) is 0.438. The lowest BCUT2D eigenvalue weighted by atomic mass is 10.1. The fourth-order valence-corrected chi connectivity index (χ4v) is 5.86. The first-order valence-electron chi connectivity index (χ1n) is 5.60. The van der Waals surface area contributed by atoms with Crippen molar-refractivity contribution in [3.05, 3.63) is 21.8 Å². The molecule has 0 aromatic heterocycles. The number of aromatic carboxylic acids is 1. The van der Waals surface area contributed by atoms with Gasteiger partial charge >= 0.3 is 11.9 Å². The molecule has 21 heavy (non-hydrogen) atoms. The summed E-state index contributed by atoms with van der Waals surface area (Å²) in [5.74, 6) is -2.13. The monoisotopic (exact) mass is 629 g/mol. The van der Waals surface area contributed by atoms with Crippen LogP contribution in [0.15, 0.2) is 0 Å².